The molecule has 0 bridgehead atoms. The molecule has 0 saturated heterocycles. The molecule has 0 unspecified atom stereocenters. The Kier molecular flexibility index (Phi) is 6.16. The molecule has 1 heterocycles. The molecule has 164 valence electrons. The van der Waals surface area contributed by atoms with Gasteiger partial charge in [-0.05, 0) is 54.9 Å². The second-order valence-electron chi connectivity index (χ2n) is 9.79. The third-order valence-electron chi connectivity index (χ3n) is 4.84. The number of nitrogens with zero attached hydrogens (tertiary/aromatic N) is 1. The summed E-state index contributed by atoms with van der Waals surface area (Å²) in [5, 5.41) is 21.5. The first kappa shape index (κ1) is 22.8. The zero-order valence-corrected chi connectivity index (χ0v) is 18.9. The van der Waals surface area contributed by atoms with Gasteiger partial charge in [-0.15, -0.1) is 0 Å². The first-order valence-electron chi connectivity index (χ1n) is 10.3. The van der Waals surface area contributed by atoms with E-state index in [-0.39, 0.29) is 11.5 Å². The van der Waals surface area contributed by atoms with Crippen LogP contribution in [0.3, 0.4) is 0 Å². The van der Waals surface area contributed by atoms with Crippen molar-refractivity contribution in [3.63, 3.8) is 0 Å². The molecule has 4 N–H and O–H groups in total. The Morgan fingerprint density at radius 2 is 1.65 bits per heavy atom. The van der Waals surface area contributed by atoms with Crippen molar-refractivity contribution >= 4 is 29.7 Å². The molecule has 0 spiro atoms. The van der Waals surface area contributed by atoms with E-state index in [4.69, 9.17) is 9.72 Å². The lowest BCUT2D eigenvalue weighted by Crippen LogP contribution is -2.40. The number of imidazole rings is 1. The zero-order chi connectivity index (χ0) is 23.0. The number of nitrogens with one attached hydrogen (secondary N) is 2. The van der Waals surface area contributed by atoms with Crippen LogP contribution in [0, 0.1) is 5.41 Å². The Morgan fingerprint density at radius 3 is 2.19 bits per heavy atom. The molecule has 1 amide bonds. The Balaban J connectivity index is 1.91. The quantitative estimate of drug-likeness (QED) is 0.481. The number of ether oxygens (including phenoxy) is 1. The van der Waals surface area contributed by atoms with Gasteiger partial charge in [-0.3, -0.25) is 0 Å². The lowest BCUT2D eigenvalue weighted by molar-refractivity contribution is 0.0458. The maximum absolute atomic E-state index is 12.4. The van der Waals surface area contributed by atoms with E-state index in [2.05, 4.69) is 10.3 Å². The summed E-state index contributed by atoms with van der Waals surface area (Å²) in [5.41, 5.74) is 3.11. The Hall–Kier alpha value is -2.84. The minimum atomic E-state index is -1.49. The molecule has 3 rings (SSSR count). The molecule has 31 heavy (non-hydrogen) atoms. The average molecular weight is 423 g/mol. The van der Waals surface area contributed by atoms with Crippen LogP contribution in [0.25, 0.3) is 22.2 Å². The molecule has 7 nitrogen and oxygen atoms in total. The van der Waals surface area contributed by atoms with Crippen molar-refractivity contribution in [1.82, 2.24) is 15.3 Å². The van der Waals surface area contributed by atoms with Gasteiger partial charge in [-0.2, -0.15) is 0 Å². The first-order valence-corrected chi connectivity index (χ1v) is 10.3. The molecule has 0 aliphatic heterocycles. The molecule has 3 aromatic rings. The summed E-state index contributed by atoms with van der Waals surface area (Å²) in [4.78, 5) is 20.5. The fourth-order valence-corrected chi connectivity index (χ4v) is 3.31. The number of rotatable bonds is 4. The molecule has 0 saturated carbocycles. The average Bonchev–Trinajstić information content (AvgIpc) is 3.06. The van der Waals surface area contributed by atoms with E-state index in [9.17, 15) is 14.8 Å². The number of H-pyrrole nitrogens is 1. The van der Waals surface area contributed by atoms with Crippen LogP contribution in [0.2, 0.25) is 0 Å². The van der Waals surface area contributed by atoms with Gasteiger partial charge in [0.1, 0.15) is 11.4 Å². The summed E-state index contributed by atoms with van der Waals surface area (Å²) in [6.07, 6.45) is -0.486. The number of hydrogen-bond acceptors (Lipinski definition) is 5. The molecular formula is C23H30BN3O4. The number of aromatic nitrogens is 2. The molecule has 1 aromatic heterocycles. The highest BCUT2D eigenvalue weighted by atomic mass is 16.6. The number of hydrogen-bond donors (Lipinski definition) is 4. The number of aromatic amines is 1. The first-order chi connectivity index (χ1) is 14.3. The van der Waals surface area contributed by atoms with Crippen LogP contribution in [0.5, 0.6) is 0 Å². The van der Waals surface area contributed by atoms with Gasteiger partial charge in [0, 0.05) is 0 Å². The van der Waals surface area contributed by atoms with Crippen molar-refractivity contribution in [2.24, 2.45) is 5.41 Å². The summed E-state index contributed by atoms with van der Waals surface area (Å²) in [5.74, 6) is 0.657. The summed E-state index contributed by atoms with van der Waals surface area (Å²) >= 11 is 0. The topological polar surface area (TPSA) is 107 Å². The number of carbonyl (C=O) groups is 1. The highest BCUT2D eigenvalue weighted by molar-refractivity contribution is 6.58. The maximum Gasteiger partial charge on any atom is 0.488 e. The highest BCUT2D eigenvalue weighted by Gasteiger charge is 2.32. The van der Waals surface area contributed by atoms with E-state index in [0.29, 0.717) is 11.3 Å². The third-order valence-corrected chi connectivity index (χ3v) is 4.84. The molecule has 2 aromatic carbocycles. The van der Waals surface area contributed by atoms with E-state index in [1.807, 2.05) is 71.9 Å². The smallest absolute Gasteiger partial charge is 0.444 e. The number of carbonyl (C=O) groups excluding carboxylic acids is 1. The van der Waals surface area contributed by atoms with Crippen LogP contribution in [0.4, 0.5) is 4.79 Å². The predicted molar refractivity (Wildman–Crippen MR) is 123 cm³/mol. The van der Waals surface area contributed by atoms with Crippen molar-refractivity contribution in [2.45, 2.75) is 53.2 Å². The standard InChI is InChI=1S/C23H30BN3O4/c1-22(2,3)19(27-21(28)31-23(4,5)6)20-25-17-12-9-15(13-18(17)26-20)14-7-10-16(11-8-14)24(29)30/h7-13,19,29-30H,1-6H3,(H,25,26)(H,27,28)/t19-/m1/s1. The minimum Gasteiger partial charge on any atom is -0.444 e. The van der Waals surface area contributed by atoms with Crippen LogP contribution in [0.1, 0.15) is 53.4 Å². The Bertz CT molecular complexity index is 1060. The summed E-state index contributed by atoms with van der Waals surface area (Å²) in [6.45, 7) is 11.6. The van der Waals surface area contributed by atoms with Crippen LogP contribution < -0.4 is 10.8 Å². The second-order valence-corrected chi connectivity index (χ2v) is 9.79. The third kappa shape index (κ3) is 5.65. The van der Waals surface area contributed by atoms with Crippen molar-refractivity contribution in [3.8, 4) is 11.1 Å². The summed E-state index contributed by atoms with van der Waals surface area (Å²) < 4.78 is 5.43. The van der Waals surface area contributed by atoms with Crippen molar-refractivity contribution in [3.05, 3.63) is 48.3 Å². The van der Waals surface area contributed by atoms with Gasteiger partial charge in [-0.1, -0.05) is 51.1 Å². The largest absolute Gasteiger partial charge is 0.488 e. The fourth-order valence-electron chi connectivity index (χ4n) is 3.31. The van der Waals surface area contributed by atoms with Gasteiger partial charge in [0.2, 0.25) is 0 Å². The summed E-state index contributed by atoms with van der Waals surface area (Å²) in [6, 6.07) is 12.6. The fraction of sp³-hybridized carbons (Fsp3) is 0.391. The SMILES string of the molecule is CC(C)(C)OC(=O)N[C@H](c1nc2ccc(-c3ccc(B(O)O)cc3)cc2[nH]1)C(C)(C)C. The van der Waals surface area contributed by atoms with E-state index in [0.717, 1.165) is 22.2 Å². The van der Waals surface area contributed by atoms with Crippen LogP contribution >= 0.6 is 0 Å². The van der Waals surface area contributed by atoms with Gasteiger partial charge in [0.15, 0.2) is 0 Å². The second kappa shape index (κ2) is 8.36. The maximum atomic E-state index is 12.4. The number of benzene rings is 2. The van der Waals surface area contributed by atoms with Gasteiger partial charge >= 0.3 is 13.2 Å². The van der Waals surface area contributed by atoms with Crippen molar-refractivity contribution < 1.29 is 19.6 Å². The van der Waals surface area contributed by atoms with Gasteiger partial charge in [0.25, 0.3) is 0 Å². The molecule has 8 heteroatoms. The van der Waals surface area contributed by atoms with E-state index < -0.39 is 18.8 Å². The lowest BCUT2D eigenvalue weighted by atomic mass is 9.80. The molecule has 0 aliphatic rings. The highest BCUT2D eigenvalue weighted by Crippen LogP contribution is 2.33. The number of alkyl carbamates (subject to hydrolysis) is 1. The number of amides is 1. The van der Waals surface area contributed by atoms with Crippen molar-refractivity contribution in [1.29, 1.82) is 0 Å². The monoisotopic (exact) mass is 423 g/mol. The van der Waals surface area contributed by atoms with Gasteiger partial charge in [-0.25, -0.2) is 9.78 Å². The Labute approximate surface area is 183 Å². The summed E-state index contributed by atoms with van der Waals surface area (Å²) in [7, 11) is -1.49. The van der Waals surface area contributed by atoms with Crippen LogP contribution in [-0.4, -0.2) is 38.8 Å². The zero-order valence-electron chi connectivity index (χ0n) is 18.9. The van der Waals surface area contributed by atoms with E-state index in [1.165, 1.54) is 0 Å². The molecule has 0 fully saturated rings. The molecule has 0 radical (unpaired) electrons. The van der Waals surface area contributed by atoms with E-state index in [1.54, 1.807) is 12.1 Å². The van der Waals surface area contributed by atoms with Crippen LogP contribution in [-0.2, 0) is 4.74 Å². The molecular weight excluding hydrogens is 393 g/mol. The van der Waals surface area contributed by atoms with Crippen LogP contribution in [0.15, 0.2) is 42.5 Å². The molecule has 1 atom stereocenters. The van der Waals surface area contributed by atoms with Gasteiger partial charge < -0.3 is 25.1 Å². The predicted octanol–water partition coefficient (Wildman–Crippen LogP) is 3.52. The van der Waals surface area contributed by atoms with E-state index >= 15 is 0 Å². The minimum absolute atomic E-state index is 0.297. The Morgan fingerprint density at radius 1 is 1.03 bits per heavy atom. The lowest BCUT2D eigenvalue weighted by Gasteiger charge is -2.31. The van der Waals surface area contributed by atoms with Crippen molar-refractivity contribution in [2.75, 3.05) is 0 Å². The molecule has 0 aliphatic carbocycles. The normalized spacial score (nSPS) is 13.2. The van der Waals surface area contributed by atoms with Gasteiger partial charge in [0.05, 0.1) is 17.1 Å². The number of fused-ring (bicyclic) bond motifs is 1.